The molecule has 2 fully saturated rings. The maximum Gasteiger partial charge on any atom is 0.0471 e. The lowest BCUT2D eigenvalue weighted by molar-refractivity contribution is 0.0900. The fourth-order valence-electron chi connectivity index (χ4n) is 3.49. The Morgan fingerprint density at radius 2 is 2.22 bits per heavy atom. The van der Waals surface area contributed by atoms with Crippen molar-refractivity contribution in [2.75, 3.05) is 26.2 Å². The van der Waals surface area contributed by atoms with Crippen molar-refractivity contribution in [2.45, 2.75) is 57.2 Å². The molecule has 0 aromatic rings. The van der Waals surface area contributed by atoms with E-state index in [0.29, 0.717) is 12.6 Å². The van der Waals surface area contributed by atoms with Gasteiger partial charge in [0, 0.05) is 37.3 Å². The van der Waals surface area contributed by atoms with Crippen LogP contribution < -0.4 is 11.1 Å². The Balaban J connectivity index is 1.98. The predicted octanol–water partition coefficient (Wildman–Crippen LogP) is 0.549. The molecule has 18 heavy (non-hydrogen) atoms. The molecule has 0 saturated carbocycles. The van der Waals surface area contributed by atoms with Gasteiger partial charge in [-0.2, -0.15) is 0 Å². The molecule has 2 aliphatic rings. The molecule has 4 unspecified atom stereocenters. The molecule has 0 amide bonds. The van der Waals surface area contributed by atoms with E-state index in [1.807, 2.05) is 0 Å². The van der Waals surface area contributed by atoms with Crippen LogP contribution in [0, 0.1) is 5.92 Å². The van der Waals surface area contributed by atoms with Crippen molar-refractivity contribution in [2.24, 2.45) is 11.7 Å². The second kappa shape index (κ2) is 5.87. The van der Waals surface area contributed by atoms with Crippen LogP contribution in [0.25, 0.3) is 0 Å². The molecule has 0 aliphatic carbocycles. The van der Waals surface area contributed by atoms with Crippen molar-refractivity contribution in [1.29, 1.82) is 0 Å². The summed E-state index contributed by atoms with van der Waals surface area (Å²) in [5.41, 5.74) is 6.16. The molecule has 0 aromatic heterocycles. The molecular formula is C14H29N3O. The first-order valence-corrected chi connectivity index (χ1v) is 7.43. The number of nitrogens with zero attached hydrogens (tertiary/aromatic N) is 1. The minimum atomic E-state index is 0.0916. The van der Waals surface area contributed by atoms with Crippen molar-refractivity contribution in [3.8, 4) is 0 Å². The Morgan fingerprint density at radius 1 is 1.44 bits per heavy atom. The SMILES string of the molecule is CC(CO)C(C)NC1(CN)CCN2CCCC2C1. The Bertz CT molecular complexity index is 274. The number of aliphatic hydroxyl groups excluding tert-OH is 1. The second-order valence-corrected chi connectivity index (χ2v) is 6.36. The summed E-state index contributed by atoms with van der Waals surface area (Å²) in [5.74, 6) is 0.287. The molecular weight excluding hydrogens is 226 g/mol. The highest BCUT2D eigenvalue weighted by atomic mass is 16.3. The Morgan fingerprint density at radius 3 is 2.89 bits per heavy atom. The molecule has 2 aliphatic heterocycles. The summed E-state index contributed by atoms with van der Waals surface area (Å²) in [7, 11) is 0. The van der Waals surface area contributed by atoms with Crippen molar-refractivity contribution in [1.82, 2.24) is 10.2 Å². The first kappa shape index (κ1) is 14.3. The lowest BCUT2D eigenvalue weighted by Crippen LogP contribution is -2.62. The van der Waals surface area contributed by atoms with Gasteiger partial charge in [0.1, 0.15) is 0 Å². The van der Waals surface area contributed by atoms with Crippen molar-refractivity contribution < 1.29 is 5.11 Å². The van der Waals surface area contributed by atoms with Gasteiger partial charge in [0.25, 0.3) is 0 Å². The lowest BCUT2D eigenvalue weighted by atomic mass is 9.82. The highest BCUT2D eigenvalue weighted by Gasteiger charge is 2.41. The molecule has 2 saturated heterocycles. The zero-order valence-electron chi connectivity index (χ0n) is 11.9. The van der Waals surface area contributed by atoms with Gasteiger partial charge in [-0.1, -0.05) is 6.92 Å². The van der Waals surface area contributed by atoms with E-state index < -0.39 is 0 Å². The van der Waals surface area contributed by atoms with E-state index in [9.17, 15) is 5.11 Å². The monoisotopic (exact) mass is 255 g/mol. The number of aliphatic hydroxyl groups is 1. The van der Waals surface area contributed by atoms with Gasteiger partial charge >= 0.3 is 0 Å². The third-order valence-electron chi connectivity index (χ3n) is 5.07. The quantitative estimate of drug-likeness (QED) is 0.671. The van der Waals surface area contributed by atoms with Crippen LogP contribution in [0.4, 0.5) is 0 Å². The number of hydrogen-bond donors (Lipinski definition) is 3. The maximum atomic E-state index is 9.26. The van der Waals surface area contributed by atoms with Crippen LogP contribution in [-0.2, 0) is 0 Å². The molecule has 0 bridgehead atoms. The summed E-state index contributed by atoms with van der Waals surface area (Å²) >= 11 is 0. The highest BCUT2D eigenvalue weighted by molar-refractivity contribution is 5.01. The third-order valence-corrected chi connectivity index (χ3v) is 5.07. The number of hydrogen-bond acceptors (Lipinski definition) is 4. The van der Waals surface area contributed by atoms with Crippen molar-refractivity contribution in [3.05, 3.63) is 0 Å². The van der Waals surface area contributed by atoms with Crippen molar-refractivity contribution >= 4 is 0 Å². The standard InChI is InChI=1S/C14H29N3O/c1-11(9-18)12(2)16-14(10-15)5-7-17-6-3-4-13(17)8-14/h11-13,16,18H,3-10,15H2,1-2H3. The number of rotatable bonds is 5. The maximum absolute atomic E-state index is 9.26. The van der Waals surface area contributed by atoms with Crippen LogP contribution in [0.15, 0.2) is 0 Å². The second-order valence-electron chi connectivity index (χ2n) is 6.36. The van der Waals surface area contributed by atoms with Gasteiger partial charge in [0.2, 0.25) is 0 Å². The molecule has 0 spiro atoms. The molecule has 2 heterocycles. The average molecular weight is 255 g/mol. The molecule has 2 rings (SSSR count). The smallest absolute Gasteiger partial charge is 0.0471 e. The highest BCUT2D eigenvalue weighted by Crippen LogP contribution is 2.33. The topological polar surface area (TPSA) is 61.5 Å². The van der Waals surface area contributed by atoms with Crippen LogP contribution in [0.1, 0.15) is 39.5 Å². The molecule has 106 valence electrons. The van der Waals surface area contributed by atoms with Crippen molar-refractivity contribution in [3.63, 3.8) is 0 Å². The summed E-state index contributed by atoms with van der Waals surface area (Å²) in [4.78, 5) is 2.62. The third kappa shape index (κ3) is 2.87. The fraction of sp³-hybridized carbons (Fsp3) is 1.00. The molecule has 4 N–H and O–H groups in total. The number of nitrogens with two attached hydrogens (primary N) is 1. The van der Waals surface area contributed by atoms with E-state index >= 15 is 0 Å². The Hall–Kier alpha value is -0.160. The molecule has 0 aromatic carbocycles. The minimum Gasteiger partial charge on any atom is -0.396 e. The van der Waals surface area contributed by atoms with Gasteiger partial charge in [0.05, 0.1) is 0 Å². The average Bonchev–Trinajstić information content (AvgIpc) is 2.84. The number of piperidine rings is 1. The molecule has 0 radical (unpaired) electrons. The summed E-state index contributed by atoms with van der Waals surface area (Å²) in [6, 6.07) is 1.05. The van der Waals surface area contributed by atoms with Crippen LogP contribution in [-0.4, -0.2) is 53.9 Å². The van der Waals surface area contributed by atoms with Crippen LogP contribution in [0.5, 0.6) is 0 Å². The molecule has 4 heteroatoms. The summed E-state index contributed by atoms with van der Waals surface area (Å²) in [6.45, 7) is 7.65. The molecule has 4 atom stereocenters. The first-order chi connectivity index (χ1) is 8.60. The fourth-order valence-corrected chi connectivity index (χ4v) is 3.49. The summed E-state index contributed by atoms with van der Waals surface area (Å²) in [6.07, 6.45) is 4.98. The normalized spacial score (nSPS) is 36.3. The summed E-state index contributed by atoms with van der Waals surface area (Å²) < 4.78 is 0. The predicted molar refractivity (Wildman–Crippen MR) is 74.5 cm³/mol. The zero-order chi connectivity index (χ0) is 13.2. The zero-order valence-corrected chi connectivity index (χ0v) is 11.9. The van der Waals surface area contributed by atoms with E-state index in [4.69, 9.17) is 5.73 Å². The van der Waals surface area contributed by atoms with Gasteiger partial charge in [-0.05, 0) is 45.1 Å². The van der Waals surface area contributed by atoms with Crippen LogP contribution in [0.2, 0.25) is 0 Å². The van der Waals surface area contributed by atoms with Crippen LogP contribution in [0.3, 0.4) is 0 Å². The lowest BCUT2D eigenvalue weighted by Gasteiger charge is -2.46. The van der Waals surface area contributed by atoms with E-state index in [2.05, 4.69) is 24.1 Å². The summed E-state index contributed by atoms with van der Waals surface area (Å²) in [5, 5.41) is 13.0. The minimum absolute atomic E-state index is 0.0916. The molecule has 4 nitrogen and oxygen atoms in total. The number of fused-ring (bicyclic) bond motifs is 1. The number of nitrogens with one attached hydrogen (secondary N) is 1. The van der Waals surface area contributed by atoms with Gasteiger partial charge < -0.3 is 21.1 Å². The van der Waals surface area contributed by atoms with E-state index in [-0.39, 0.29) is 18.1 Å². The Kier molecular flexibility index (Phi) is 4.64. The largest absolute Gasteiger partial charge is 0.396 e. The van der Waals surface area contributed by atoms with Gasteiger partial charge in [-0.25, -0.2) is 0 Å². The van der Waals surface area contributed by atoms with Crippen LogP contribution >= 0.6 is 0 Å². The van der Waals surface area contributed by atoms with Gasteiger partial charge in [0.15, 0.2) is 0 Å². The van der Waals surface area contributed by atoms with E-state index in [1.54, 1.807) is 0 Å². The first-order valence-electron chi connectivity index (χ1n) is 7.43. The Labute approximate surface area is 111 Å². The van der Waals surface area contributed by atoms with E-state index in [1.165, 1.54) is 32.4 Å². The van der Waals surface area contributed by atoms with E-state index in [0.717, 1.165) is 12.5 Å². The van der Waals surface area contributed by atoms with Gasteiger partial charge in [-0.15, -0.1) is 0 Å². The van der Waals surface area contributed by atoms with Gasteiger partial charge in [-0.3, -0.25) is 0 Å².